The predicted octanol–water partition coefficient (Wildman–Crippen LogP) is 11.1. The second-order valence-electron chi connectivity index (χ2n) is 10.9. The van der Waals surface area contributed by atoms with Gasteiger partial charge in [0, 0.05) is 5.54 Å². The van der Waals surface area contributed by atoms with Gasteiger partial charge in [-0.3, -0.25) is 4.90 Å². The van der Waals surface area contributed by atoms with Crippen LogP contribution in [0.15, 0.2) is 30.3 Å². The van der Waals surface area contributed by atoms with E-state index in [0.717, 1.165) is 0 Å². The molecule has 0 radical (unpaired) electrons. The molecule has 1 aromatic carbocycles. The molecule has 2 heteroatoms. The summed E-state index contributed by atoms with van der Waals surface area (Å²) >= 11 is 0. The van der Waals surface area contributed by atoms with Gasteiger partial charge in [-0.05, 0) is 45.3 Å². The Morgan fingerprint density at radius 1 is 0.500 bits per heavy atom. The molecule has 0 spiro atoms. The Morgan fingerprint density at radius 3 is 1.24 bits per heavy atom. The van der Waals surface area contributed by atoms with Crippen LogP contribution >= 0.6 is 12.4 Å². The van der Waals surface area contributed by atoms with Crippen molar-refractivity contribution in [2.24, 2.45) is 0 Å². The highest BCUT2D eigenvalue weighted by Gasteiger charge is 2.27. The molecule has 0 aliphatic rings. The Bertz CT molecular complexity index is 527. The lowest BCUT2D eigenvalue weighted by atomic mass is 9.91. The van der Waals surface area contributed by atoms with Gasteiger partial charge in [0.2, 0.25) is 0 Å². The van der Waals surface area contributed by atoms with Crippen molar-refractivity contribution in [1.29, 1.82) is 0 Å². The number of halogens is 1. The van der Waals surface area contributed by atoms with Gasteiger partial charge in [0.1, 0.15) is 0 Å². The van der Waals surface area contributed by atoms with Crippen molar-refractivity contribution in [2.75, 3.05) is 13.1 Å². The van der Waals surface area contributed by atoms with Crippen molar-refractivity contribution in [3.8, 4) is 0 Å². The fraction of sp³-hybridized carbons (Fsp3) is 0.812. The quantitative estimate of drug-likeness (QED) is 0.137. The second kappa shape index (κ2) is 22.9. The normalized spacial score (nSPS) is 11.7. The molecule has 1 aromatic rings. The average Bonchev–Trinajstić information content (AvgIpc) is 2.83. The Hall–Kier alpha value is -0.530. The first-order valence-electron chi connectivity index (χ1n) is 14.9. The van der Waals surface area contributed by atoms with Crippen LogP contribution in [-0.4, -0.2) is 18.0 Å². The molecular formula is C32H60ClN. The molecule has 0 fully saturated rings. The maximum Gasteiger partial charge on any atom is 0.0404 e. The van der Waals surface area contributed by atoms with E-state index < -0.39 is 0 Å². The van der Waals surface area contributed by atoms with Crippen LogP contribution in [0, 0.1) is 0 Å². The maximum absolute atomic E-state index is 2.75. The van der Waals surface area contributed by atoms with E-state index in [9.17, 15) is 0 Å². The lowest BCUT2D eigenvalue weighted by molar-refractivity contribution is 0.113. The molecule has 34 heavy (non-hydrogen) atoms. The highest BCUT2D eigenvalue weighted by molar-refractivity contribution is 5.85. The summed E-state index contributed by atoms with van der Waals surface area (Å²) in [4.78, 5) is 2.75. The molecule has 0 N–H and O–H groups in total. The summed E-state index contributed by atoms with van der Waals surface area (Å²) in [6.07, 6.45) is 27.0. The first-order valence-corrected chi connectivity index (χ1v) is 14.9. The van der Waals surface area contributed by atoms with E-state index in [1.807, 2.05) is 0 Å². The fourth-order valence-electron chi connectivity index (χ4n) is 5.10. The van der Waals surface area contributed by atoms with Gasteiger partial charge < -0.3 is 0 Å². The molecule has 0 aromatic heterocycles. The average molecular weight is 494 g/mol. The second-order valence-corrected chi connectivity index (χ2v) is 10.9. The zero-order valence-electron chi connectivity index (χ0n) is 23.6. The van der Waals surface area contributed by atoms with Crippen molar-refractivity contribution < 1.29 is 0 Å². The van der Waals surface area contributed by atoms with Crippen molar-refractivity contribution in [3.63, 3.8) is 0 Å². The van der Waals surface area contributed by atoms with E-state index in [4.69, 9.17) is 0 Å². The molecule has 0 heterocycles. The molecule has 200 valence electrons. The van der Waals surface area contributed by atoms with Gasteiger partial charge in [0.25, 0.3) is 0 Å². The molecule has 1 rings (SSSR count). The van der Waals surface area contributed by atoms with Crippen LogP contribution in [0.1, 0.15) is 155 Å². The number of benzene rings is 1. The highest BCUT2D eigenvalue weighted by Crippen LogP contribution is 2.28. The van der Waals surface area contributed by atoms with Crippen molar-refractivity contribution >= 4 is 12.4 Å². The summed E-state index contributed by atoms with van der Waals surface area (Å²) in [6, 6.07) is 11.1. The lowest BCUT2D eigenvalue weighted by Gasteiger charge is -2.39. The largest absolute Gasteiger partial charge is 0.294 e. The monoisotopic (exact) mass is 493 g/mol. The van der Waals surface area contributed by atoms with Crippen LogP contribution in [0.25, 0.3) is 0 Å². The summed E-state index contributed by atoms with van der Waals surface area (Å²) < 4.78 is 0. The van der Waals surface area contributed by atoms with Gasteiger partial charge in [-0.1, -0.05) is 153 Å². The van der Waals surface area contributed by atoms with E-state index in [1.54, 1.807) is 0 Å². The van der Waals surface area contributed by atoms with Gasteiger partial charge >= 0.3 is 0 Å². The van der Waals surface area contributed by atoms with Crippen molar-refractivity contribution in [2.45, 2.75) is 155 Å². The Labute approximate surface area is 221 Å². The van der Waals surface area contributed by atoms with Crippen LogP contribution in [0.5, 0.6) is 0 Å². The molecule has 0 aliphatic carbocycles. The Morgan fingerprint density at radius 2 is 0.824 bits per heavy atom. The third-order valence-corrected chi connectivity index (χ3v) is 7.58. The molecule has 1 nitrogen and oxygen atoms in total. The molecule has 0 aliphatic heterocycles. The standard InChI is InChI=1S/C32H59N.ClH/c1-5-7-9-10-11-12-13-14-15-16-17-18-19-20-21-26-30-33(29-25-8-6-2)32(3,4)31-27-23-22-24-28-31;/h22-24,27-28H,5-21,25-26,29-30H2,1-4H3;1H. The summed E-state index contributed by atoms with van der Waals surface area (Å²) in [5.41, 5.74) is 1.59. The minimum atomic E-state index is 0. The van der Waals surface area contributed by atoms with E-state index in [1.165, 1.54) is 141 Å². The van der Waals surface area contributed by atoms with E-state index in [2.05, 4.69) is 62.9 Å². The van der Waals surface area contributed by atoms with Crippen molar-refractivity contribution in [1.82, 2.24) is 4.90 Å². The third-order valence-electron chi connectivity index (χ3n) is 7.58. The lowest BCUT2D eigenvalue weighted by Crippen LogP contribution is -2.42. The van der Waals surface area contributed by atoms with Gasteiger partial charge in [-0.2, -0.15) is 0 Å². The number of hydrogen-bond donors (Lipinski definition) is 0. The van der Waals surface area contributed by atoms with Gasteiger partial charge in [-0.15, -0.1) is 12.4 Å². The number of unbranched alkanes of at least 4 members (excludes halogenated alkanes) is 17. The SMILES string of the molecule is CCCCCCCCCCCCCCCCCCN(CCCCC)C(C)(C)c1ccccc1.Cl. The van der Waals surface area contributed by atoms with Crippen LogP contribution < -0.4 is 0 Å². The predicted molar refractivity (Wildman–Crippen MR) is 157 cm³/mol. The minimum absolute atomic E-state index is 0. The summed E-state index contributed by atoms with van der Waals surface area (Å²) in [7, 11) is 0. The van der Waals surface area contributed by atoms with Crippen LogP contribution in [0.3, 0.4) is 0 Å². The smallest absolute Gasteiger partial charge is 0.0404 e. The topological polar surface area (TPSA) is 3.24 Å². The van der Waals surface area contributed by atoms with Crippen LogP contribution in [0.2, 0.25) is 0 Å². The molecular weight excluding hydrogens is 434 g/mol. The number of hydrogen-bond acceptors (Lipinski definition) is 1. The summed E-state index contributed by atoms with van der Waals surface area (Å²) in [5.74, 6) is 0. The fourth-order valence-corrected chi connectivity index (χ4v) is 5.10. The third kappa shape index (κ3) is 16.2. The zero-order valence-corrected chi connectivity index (χ0v) is 24.4. The highest BCUT2D eigenvalue weighted by atomic mass is 35.5. The first kappa shape index (κ1) is 33.5. The van der Waals surface area contributed by atoms with Gasteiger partial charge in [0.05, 0.1) is 0 Å². The number of rotatable bonds is 23. The summed E-state index contributed by atoms with van der Waals surface area (Å²) in [5, 5.41) is 0. The van der Waals surface area contributed by atoms with Gasteiger partial charge in [0.15, 0.2) is 0 Å². The maximum atomic E-state index is 2.75. The molecule has 0 amide bonds. The molecule has 0 bridgehead atoms. The summed E-state index contributed by atoms with van der Waals surface area (Å²) in [6.45, 7) is 11.9. The van der Waals surface area contributed by atoms with E-state index in [0.29, 0.717) is 0 Å². The van der Waals surface area contributed by atoms with Crippen molar-refractivity contribution in [3.05, 3.63) is 35.9 Å². The Kier molecular flexibility index (Phi) is 22.5. The van der Waals surface area contributed by atoms with Crippen LogP contribution in [0.4, 0.5) is 0 Å². The van der Waals surface area contributed by atoms with E-state index in [-0.39, 0.29) is 17.9 Å². The zero-order chi connectivity index (χ0) is 24.0. The number of nitrogens with zero attached hydrogens (tertiary/aromatic N) is 1. The van der Waals surface area contributed by atoms with E-state index >= 15 is 0 Å². The molecule has 0 unspecified atom stereocenters. The first-order chi connectivity index (χ1) is 16.1. The van der Waals surface area contributed by atoms with Gasteiger partial charge in [-0.25, -0.2) is 0 Å². The molecule has 0 saturated carbocycles. The molecule has 0 atom stereocenters. The minimum Gasteiger partial charge on any atom is -0.294 e. The molecule has 0 saturated heterocycles. The van der Waals surface area contributed by atoms with Crippen LogP contribution in [-0.2, 0) is 5.54 Å². The Balaban J connectivity index is 0.0000109.